The van der Waals surface area contributed by atoms with E-state index in [-0.39, 0.29) is 23.2 Å². The lowest BCUT2D eigenvalue weighted by molar-refractivity contribution is -0.122. The van der Waals surface area contributed by atoms with Crippen molar-refractivity contribution >= 4 is 63.0 Å². The number of hydrogen-bond donors (Lipinski definition) is 1. The van der Waals surface area contributed by atoms with Crippen molar-refractivity contribution in [1.82, 2.24) is 4.57 Å². The van der Waals surface area contributed by atoms with Crippen LogP contribution in [0.15, 0.2) is 101 Å². The van der Waals surface area contributed by atoms with Crippen molar-refractivity contribution in [3.05, 3.63) is 122 Å². The number of hydrogen-bond acceptors (Lipinski definition) is 6. The average molecular weight is 610 g/mol. The maximum absolute atomic E-state index is 13.9. The molecule has 3 heterocycles. The van der Waals surface area contributed by atoms with Crippen LogP contribution in [0.1, 0.15) is 21.9 Å². The lowest BCUT2D eigenvalue weighted by atomic mass is 9.83. The molecule has 0 bridgehead atoms. The van der Waals surface area contributed by atoms with E-state index in [1.807, 2.05) is 55.5 Å². The molecule has 5 aromatic rings. The van der Waals surface area contributed by atoms with Crippen molar-refractivity contribution < 1.29 is 18.8 Å². The van der Waals surface area contributed by atoms with E-state index in [1.54, 1.807) is 30.3 Å². The molecule has 1 saturated heterocycles. The molecule has 43 heavy (non-hydrogen) atoms. The van der Waals surface area contributed by atoms with Crippen LogP contribution in [-0.4, -0.2) is 27.5 Å². The van der Waals surface area contributed by atoms with Crippen LogP contribution in [0.25, 0.3) is 10.8 Å². The van der Waals surface area contributed by atoms with Gasteiger partial charge in [-0.15, -0.1) is 0 Å². The Morgan fingerprint density at radius 2 is 1.60 bits per heavy atom. The number of aryl methyl sites for hydroxylation is 1. The molecule has 2 aliphatic heterocycles. The summed E-state index contributed by atoms with van der Waals surface area (Å²) in [6.45, 7) is 1.66. The Bertz CT molecular complexity index is 1980. The van der Waals surface area contributed by atoms with Crippen molar-refractivity contribution in [2.45, 2.75) is 29.7 Å². The molecule has 1 N–H and O–H groups in total. The Balaban J connectivity index is 1.26. The average Bonchev–Trinajstić information content (AvgIpc) is 3.44. The minimum Gasteiger partial charge on any atom is -0.325 e. The number of imide groups is 1. The molecule has 214 valence electrons. The largest absolute Gasteiger partial charge is 0.325 e. The molecule has 0 saturated carbocycles. The van der Waals surface area contributed by atoms with Crippen molar-refractivity contribution in [3.63, 3.8) is 0 Å². The highest BCUT2D eigenvalue weighted by Crippen LogP contribution is 2.53. The molecule has 3 atom stereocenters. The third kappa shape index (κ3) is 4.76. The zero-order chi connectivity index (χ0) is 29.8. The molecule has 2 aliphatic rings. The maximum Gasteiger partial charge on any atom is 0.308 e. The summed E-state index contributed by atoms with van der Waals surface area (Å²) in [7, 11) is 0. The van der Waals surface area contributed by atoms with E-state index in [9.17, 15) is 23.6 Å². The van der Waals surface area contributed by atoms with Crippen LogP contribution < -0.4 is 15.1 Å². The molecule has 1 aromatic heterocycles. The van der Waals surface area contributed by atoms with Crippen molar-refractivity contribution in [3.8, 4) is 0 Å². The number of thioether (sulfide) groups is 1. The highest BCUT2D eigenvalue weighted by atomic mass is 32.2. The number of anilines is 2. The smallest absolute Gasteiger partial charge is 0.308 e. The van der Waals surface area contributed by atoms with Crippen molar-refractivity contribution in [2.75, 3.05) is 10.2 Å². The van der Waals surface area contributed by atoms with Gasteiger partial charge in [0.25, 0.3) is 0 Å². The number of aromatic nitrogens is 1. The quantitative estimate of drug-likeness (QED) is 0.249. The molecule has 0 spiro atoms. The topological polar surface area (TPSA) is 88.5 Å². The minimum absolute atomic E-state index is 0.262. The van der Waals surface area contributed by atoms with E-state index in [0.717, 1.165) is 39.4 Å². The Kier molecular flexibility index (Phi) is 6.75. The predicted octanol–water partition coefficient (Wildman–Crippen LogP) is 5.95. The van der Waals surface area contributed by atoms with E-state index in [4.69, 9.17) is 0 Å². The SMILES string of the molecule is Cc1ccc(N2C(=O)[C@H]3[C@H](c4ccc(F)cc4)c4sc(=O)n(CC(=O)Nc5ccc6ccccc6c5)c4S[C@H]3C2=O)cc1. The first kappa shape index (κ1) is 27.3. The molecule has 7 nitrogen and oxygen atoms in total. The van der Waals surface area contributed by atoms with Gasteiger partial charge in [-0.25, -0.2) is 9.29 Å². The fraction of sp³-hybridized carbons (Fsp3) is 0.152. The van der Waals surface area contributed by atoms with Crippen molar-refractivity contribution in [2.24, 2.45) is 5.92 Å². The van der Waals surface area contributed by atoms with Crippen LogP contribution in [-0.2, 0) is 20.9 Å². The molecule has 3 amide bonds. The van der Waals surface area contributed by atoms with Gasteiger partial charge in [0.15, 0.2) is 0 Å². The summed E-state index contributed by atoms with van der Waals surface area (Å²) in [6.07, 6.45) is 0. The minimum atomic E-state index is -0.819. The zero-order valence-electron chi connectivity index (χ0n) is 22.8. The number of thiazole rings is 1. The van der Waals surface area contributed by atoms with Gasteiger partial charge in [-0.05, 0) is 59.7 Å². The van der Waals surface area contributed by atoms with Crippen LogP contribution in [0.3, 0.4) is 0 Å². The number of amides is 3. The molecule has 7 rings (SSSR count). The molecule has 0 radical (unpaired) electrons. The van der Waals surface area contributed by atoms with E-state index < -0.39 is 28.8 Å². The molecular weight excluding hydrogens is 586 g/mol. The Labute approximate surface area is 254 Å². The number of benzene rings is 4. The molecular formula is C33H24FN3O4S2. The second-order valence-corrected chi connectivity index (χ2v) is 12.8. The summed E-state index contributed by atoms with van der Waals surface area (Å²) in [5.74, 6) is -3.03. The Hall–Kier alpha value is -4.54. The summed E-state index contributed by atoms with van der Waals surface area (Å²) in [4.78, 5) is 55.8. The van der Waals surface area contributed by atoms with Gasteiger partial charge in [-0.3, -0.25) is 23.7 Å². The van der Waals surface area contributed by atoms with Gasteiger partial charge in [-0.1, -0.05) is 83.3 Å². The second kappa shape index (κ2) is 10.6. The highest BCUT2D eigenvalue weighted by Gasteiger charge is 2.56. The standard InChI is InChI=1S/C33H24FN3O4S2/c1-18-6-14-24(15-7-18)37-30(39)27-26(20-8-11-22(34)12-9-20)29-32(42-28(27)31(37)40)36(33(41)43-29)17-25(38)35-23-13-10-19-4-2-3-5-21(19)16-23/h2-16,26-28H,17H2,1H3,(H,35,38)/t26-,27-,28+/m0/s1. The van der Waals surface area contributed by atoms with Gasteiger partial charge in [0, 0.05) is 16.5 Å². The predicted molar refractivity (Wildman–Crippen MR) is 166 cm³/mol. The van der Waals surface area contributed by atoms with Gasteiger partial charge in [0.1, 0.15) is 17.6 Å². The number of nitrogens with zero attached hydrogens (tertiary/aromatic N) is 2. The van der Waals surface area contributed by atoms with Gasteiger partial charge < -0.3 is 5.32 Å². The summed E-state index contributed by atoms with van der Waals surface area (Å²) in [5, 5.41) is 4.54. The summed E-state index contributed by atoms with van der Waals surface area (Å²) >= 11 is 2.10. The van der Waals surface area contributed by atoms with E-state index in [1.165, 1.54) is 21.6 Å². The van der Waals surface area contributed by atoms with Crippen LogP contribution >= 0.6 is 23.1 Å². The van der Waals surface area contributed by atoms with Crippen molar-refractivity contribution in [1.29, 1.82) is 0 Å². The molecule has 0 unspecified atom stereocenters. The lowest BCUT2D eigenvalue weighted by Gasteiger charge is -2.30. The first-order valence-corrected chi connectivity index (χ1v) is 15.4. The summed E-state index contributed by atoms with van der Waals surface area (Å²) in [5.41, 5.74) is 2.69. The summed E-state index contributed by atoms with van der Waals surface area (Å²) in [6, 6.07) is 26.3. The second-order valence-electron chi connectivity index (χ2n) is 10.7. The van der Waals surface area contributed by atoms with Gasteiger partial charge in [-0.2, -0.15) is 0 Å². The maximum atomic E-state index is 13.9. The molecule has 10 heteroatoms. The van der Waals surface area contributed by atoms with Gasteiger partial charge in [0.2, 0.25) is 17.7 Å². The third-order valence-corrected chi connectivity index (χ3v) is 10.5. The fourth-order valence-corrected chi connectivity index (χ4v) is 8.62. The number of halogens is 1. The van der Waals surface area contributed by atoms with Gasteiger partial charge in [0.05, 0.1) is 16.6 Å². The molecule has 1 fully saturated rings. The van der Waals surface area contributed by atoms with Crippen LogP contribution in [0.2, 0.25) is 0 Å². The number of nitrogens with one attached hydrogen (secondary N) is 1. The van der Waals surface area contributed by atoms with Crippen LogP contribution in [0, 0.1) is 18.7 Å². The van der Waals surface area contributed by atoms with Crippen LogP contribution in [0.5, 0.6) is 0 Å². The van der Waals surface area contributed by atoms with E-state index >= 15 is 0 Å². The van der Waals surface area contributed by atoms with Gasteiger partial charge >= 0.3 is 4.87 Å². The first-order valence-electron chi connectivity index (χ1n) is 13.7. The number of carbonyl (C=O) groups excluding carboxylic acids is 3. The third-order valence-electron chi connectivity index (χ3n) is 7.91. The fourth-order valence-electron chi connectivity index (χ4n) is 5.84. The first-order chi connectivity index (χ1) is 20.8. The zero-order valence-corrected chi connectivity index (χ0v) is 24.5. The number of fused-ring (bicyclic) bond motifs is 3. The van der Waals surface area contributed by atoms with Crippen LogP contribution in [0.4, 0.5) is 15.8 Å². The molecule has 0 aliphatic carbocycles. The number of rotatable bonds is 5. The Morgan fingerprint density at radius 1 is 0.884 bits per heavy atom. The summed E-state index contributed by atoms with van der Waals surface area (Å²) < 4.78 is 15.3. The van der Waals surface area contributed by atoms with E-state index in [0.29, 0.717) is 26.8 Å². The highest BCUT2D eigenvalue weighted by molar-refractivity contribution is 8.00. The van der Waals surface area contributed by atoms with E-state index in [2.05, 4.69) is 5.32 Å². The molecule has 4 aromatic carbocycles. The number of carbonyl (C=O) groups is 3. The lowest BCUT2D eigenvalue weighted by Crippen LogP contribution is -2.33. The monoisotopic (exact) mass is 609 g/mol. The normalized spacial score (nSPS) is 19.4. The Morgan fingerprint density at radius 3 is 2.35 bits per heavy atom.